The second-order valence-corrected chi connectivity index (χ2v) is 6.55. The number of carbonyl (C=O) groups excluding carboxylic acids is 4. The van der Waals surface area contributed by atoms with E-state index in [0.29, 0.717) is 16.7 Å². The van der Waals surface area contributed by atoms with Crippen molar-refractivity contribution < 1.29 is 28.8 Å². The Bertz CT molecular complexity index is 1060. The summed E-state index contributed by atoms with van der Waals surface area (Å²) in [5.41, 5.74) is 1.08. The van der Waals surface area contributed by atoms with E-state index >= 15 is 0 Å². The Morgan fingerprint density at radius 1 is 1.17 bits per heavy atom. The summed E-state index contributed by atoms with van der Waals surface area (Å²) in [6.45, 7) is 0.223. The minimum atomic E-state index is -0.953. The number of rotatable bonds is 6. The van der Waals surface area contributed by atoms with Crippen LogP contribution in [0.25, 0.3) is 0 Å². The van der Waals surface area contributed by atoms with Crippen molar-refractivity contribution in [1.29, 1.82) is 0 Å². The zero-order valence-corrected chi connectivity index (χ0v) is 15.9. The minimum Gasteiger partial charge on any atom is -0.454 e. The Morgan fingerprint density at radius 3 is 2.63 bits per heavy atom. The van der Waals surface area contributed by atoms with E-state index in [9.17, 15) is 29.3 Å². The first-order chi connectivity index (χ1) is 14.3. The number of nitro benzene ring substituents is 1. The number of fused-ring (bicyclic) bond motifs is 1. The number of nitrogens with one attached hydrogen (secondary N) is 1. The minimum absolute atomic E-state index is 0.00143. The molecule has 1 aliphatic heterocycles. The van der Waals surface area contributed by atoms with Crippen molar-refractivity contribution in [2.75, 3.05) is 18.5 Å². The Hall–Kier alpha value is -4.08. The van der Waals surface area contributed by atoms with Crippen LogP contribution < -0.4 is 5.32 Å². The smallest absolute Gasteiger partial charge is 0.326 e. The van der Waals surface area contributed by atoms with E-state index in [-0.39, 0.29) is 17.8 Å². The summed E-state index contributed by atoms with van der Waals surface area (Å²) >= 11 is 0. The molecule has 2 aromatic carbocycles. The average molecular weight is 411 g/mol. The second kappa shape index (κ2) is 8.52. The van der Waals surface area contributed by atoms with Crippen molar-refractivity contribution in [2.24, 2.45) is 0 Å². The van der Waals surface area contributed by atoms with Crippen LogP contribution in [0, 0.1) is 17.0 Å². The van der Waals surface area contributed by atoms with Crippen molar-refractivity contribution in [2.45, 2.75) is 13.3 Å². The summed E-state index contributed by atoms with van der Waals surface area (Å²) in [6.07, 6.45) is -0.0212. The lowest BCUT2D eigenvalue weighted by Gasteiger charge is -2.25. The molecule has 0 fully saturated rings. The van der Waals surface area contributed by atoms with Crippen molar-refractivity contribution in [1.82, 2.24) is 4.90 Å². The lowest BCUT2D eigenvalue weighted by Crippen LogP contribution is -2.45. The molecule has 30 heavy (non-hydrogen) atoms. The highest BCUT2D eigenvalue weighted by Crippen LogP contribution is 2.27. The molecule has 154 valence electrons. The fourth-order valence-corrected chi connectivity index (χ4v) is 3.02. The summed E-state index contributed by atoms with van der Waals surface area (Å²) in [5, 5.41) is 13.4. The van der Waals surface area contributed by atoms with Gasteiger partial charge in [0, 0.05) is 11.6 Å². The average Bonchev–Trinajstić information content (AvgIpc) is 2.71. The molecule has 1 heterocycles. The van der Waals surface area contributed by atoms with E-state index in [1.165, 1.54) is 12.1 Å². The molecule has 0 saturated heterocycles. The van der Waals surface area contributed by atoms with Crippen molar-refractivity contribution >= 4 is 35.1 Å². The molecule has 0 aromatic heterocycles. The molecule has 3 amide bonds. The topological polar surface area (TPSA) is 136 Å². The fraction of sp³-hybridized carbons (Fsp3) is 0.200. The largest absolute Gasteiger partial charge is 0.454 e. The van der Waals surface area contributed by atoms with E-state index in [4.69, 9.17) is 4.74 Å². The number of nitrogens with zero attached hydrogens (tertiary/aromatic N) is 2. The molecule has 1 N–H and O–H groups in total. The molecule has 0 aliphatic carbocycles. The molecule has 0 radical (unpaired) electrons. The predicted octanol–water partition coefficient (Wildman–Crippen LogP) is 1.61. The Balaban J connectivity index is 1.59. The van der Waals surface area contributed by atoms with Crippen LogP contribution in [0.15, 0.2) is 42.5 Å². The van der Waals surface area contributed by atoms with E-state index < -0.39 is 41.8 Å². The molecule has 10 heteroatoms. The first-order valence-electron chi connectivity index (χ1n) is 8.90. The molecule has 10 nitrogen and oxygen atoms in total. The number of imide groups is 1. The molecule has 0 spiro atoms. The molecule has 0 bridgehead atoms. The molecule has 0 atom stereocenters. The number of para-hydroxylation sites is 1. The zero-order chi connectivity index (χ0) is 21.8. The maximum atomic E-state index is 12.4. The quantitative estimate of drug-likeness (QED) is 0.330. The highest BCUT2D eigenvalue weighted by Gasteiger charge is 2.32. The van der Waals surface area contributed by atoms with Gasteiger partial charge >= 0.3 is 5.97 Å². The van der Waals surface area contributed by atoms with Crippen LogP contribution in [0.5, 0.6) is 0 Å². The van der Waals surface area contributed by atoms with Crippen LogP contribution >= 0.6 is 0 Å². The first kappa shape index (κ1) is 20.6. The number of hydrogen-bond acceptors (Lipinski definition) is 7. The molecule has 0 unspecified atom stereocenters. The summed E-state index contributed by atoms with van der Waals surface area (Å²) in [7, 11) is 0. The molecule has 0 saturated carbocycles. The van der Waals surface area contributed by atoms with Gasteiger partial charge in [0.25, 0.3) is 17.5 Å². The van der Waals surface area contributed by atoms with Crippen LogP contribution in [0.4, 0.5) is 11.4 Å². The van der Waals surface area contributed by atoms with Gasteiger partial charge in [-0.2, -0.15) is 0 Å². The number of nitro groups is 1. The number of aryl methyl sites for hydroxylation is 1. The lowest BCUT2D eigenvalue weighted by molar-refractivity contribution is -0.384. The normalized spacial score (nSPS) is 12.9. The van der Waals surface area contributed by atoms with Gasteiger partial charge in [0.05, 0.1) is 11.3 Å². The maximum Gasteiger partial charge on any atom is 0.326 e. The van der Waals surface area contributed by atoms with Crippen molar-refractivity contribution in [3.63, 3.8) is 0 Å². The number of hydrogen-bond donors (Lipinski definition) is 1. The third-order valence-corrected chi connectivity index (χ3v) is 4.50. The van der Waals surface area contributed by atoms with Crippen LogP contribution in [-0.4, -0.2) is 46.7 Å². The number of amides is 3. The third kappa shape index (κ3) is 4.32. The van der Waals surface area contributed by atoms with Gasteiger partial charge in [0.15, 0.2) is 6.61 Å². The summed E-state index contributed by atoms with van der Waals surface area (Å²) in [6, 6.07) is 10.9. The van der Waals surface area contributed by atoms with Crippen LogP contribution in [0.1, 0.15) is 21.5 Å². The number of ether oxygens (including phenoxy) is 1. The van der Waals surface area contributed by atoms with Crippen LogP contribution in [0.2, 0.25) is 0 Å². The Morgan fingerprint density at radius 2 is 1.90 bits per heavy atom. The van der Waals surface area contributed by atoms with Crippen LogP contribution in [0.3, 0.4) is 0 Å². The highest BCUT2D eigenvalue weighted by molar-refractivity contribution is 6.11. The van der Waals surface area contributed by atoms with E-state index in [1.54, 1.807) is 37.3 Å². The van der Waals surface area contributed by atoms with Crippen molar-refractivity contribution in [3.8, 4) is 0 Å². The molecular formula is C20H17N3O7. The second-order valence-electron chi connectivity index (χ2n) is 6.55. The standard InChI is InChI=1S/C20H17N3O7/c1-12-5-4-8-15(23(28)29)19(12)21-16(24)11-30-18(26)10-22-17(25)9-13-6-2-3-7-14(13)20(22)27/h2-8H,9-11H2,1H3,(H,21,24). The predicted molar refractivity (Wildman–Crippen MR) is 104 cm³/mol. The lowest BCUT2D eigenvalue weighted by atomic mass is 9.98. The monoisotopic (exact) mass is 411 g/mol. The van der Waals surface area contributed by atoms with Gasteiger partial charge in [-0.1, -0.05) is 30.3 Å². The van der Waals surface area contributed by atoms with E-state index in [0.717, 1.165) is 4.90 Å². The number of anilines is 1. The van der Waals surface area contributed by atoms with Gasteiger partial charge in [-0.25, -0.2) is 0 Å². The van der Waals surface area contributed by atoms with Gasteiger partial charge < -0.3 is 10.1 Å². The summed E-state index contributed by atoms with van der Waals surface area (Å²) < 4.78 is 4.84. The number of benzene rings is 2. The van der Waals surface area contributed by atoms with E-state index in [1.807, 2.05) is 0 Å². The first-order valence-corrected chi connectivity index (χ1v) is 8.90. The molecular weight excluding hydrogens is 394 g/mol. The molecule has 1 aliphatic rings. The fourth-order valence-electron chi connectivity index (χ4n) is 3.02. The zero-order valence-electron chi connectivity index (χ0n) is 15.9. The van der Waals surface area contributed by atoms with Gasteiger partial charge in [-0.05, 0) is 24.1 Å². The van der Waals surface area contributed by atoms with Gasteiger partial charge in [0.2, 0.25) is 5.91 Å². The van der Waals surface area contributed by atoms with Gasteiger partial charge in [-0.15, -0.1) is 0 Å². The maximum absolute atomic E-state index is 12.4. The summed E-state index contributed by atoms with van der Waals surface area (Å²) in [5.74, 6) is -2.90. The molecule has 3 rings (SSSR count). The van der Waals surface area contributed by atoms with Crippen molar-refractivity contribution in [3.05, 3.63) is 69.3 Å². The number of esters is 1. The molecule has 2 aromatic rings. The highest BCUT2D eigenvalue weighted by atomic mass is 16.6. The van der Waals surface area contributed by atoms with Gasteiger partial charge in [0.1, 0.15) is 12.2 Å². The Kier molecular flexibility index (Phi) is 5.86. The number of carbonyl (C=O) groups is 4. The Labute approximate surface area is 170 Å². The van der Waals surface area contributed by atoms with Crippen LogP contribution in [-0.2, 0) is 25.5 Å². The van der Waals surface area contributed by atoms with E-state index in [2.05, 4.69) is 5.32 Å². The summed E-state index contributed by atoms with van der Waals surface area (Å²) in [4.78, 5) is 60.0. The van der Waals surface area contributed by atoms with Gasteiger partial charge in [-0.3, -0.25) is 34.2 Å². The third-order valence-electron chi connectivity index (χ3n) is 4.50. The SMILES string of the molecule is Cc1cccc([N+](=O)[O-])c1NC(=O)COC(=O)CN1C(=O)Cc2ccccc2C1=O.